The fourth-order valence-electron chi connectivity index (χ4n) is 8.43. The maximum Gasteiger partial charge on any atom is 0.230 e. The molecule has 8 aromatic rings. The molecule has 5 heteroatoms. The topological polar surface area (TPSA) is 59.2 Å². The molecule has 0 fully saturated rings. The van der Waals surface area contributed by atoms with Crippen molar-refractivity contribution in [1.82, 2.24) is 9.97 Å². The van der Waals surface area contributed by atoms with E-state index in [1.54, 1.807) is 6.07 Å². The predicted octanol–water partition coefficient (Wildman–Crippen LogP) is 16.7. The summed E-state index contributed by atoms with van der Waals surface area (Å²) in [6.07, 6.45) is 1.96. The van der Waals surface area contributed by atoms with Crippen LogP contribution in [0.5, 0.6) is 5.75 Å². The third-order valence-corrected chi connectivity index (χ3v) is 12.7. The zero-order valence-corrected chi connectivity index (χ0v) is 43.3. The Morgan fingerprint density at radius 2 is 0.969 bits per heavy atom. The number of aromatic nitrogens is 2. The maximum atomic E-state index is 11.2. The Hall–Kier alpha value is -5.31. The molecule has 0 atom stereocenters. The van der Waals surface area contributed by atoms with E-state index >= 15 is 0 Å². The SMILES string of the molecule is CC(C)(C)c1ccc(-c2cc(-c3[c-]c(-c4cc(C(C)(C)C)cc5c(-c6cc(C(C)(C)C)cc(C(C)(C)C)c6)ccnc45)ccc3)c3nc(-c4cc(C(C)(C)C)ccc4O)oc3c2)cc1.[Pt]. The molecule has 6 aromatic carbocycles. The van der Waals surface area contributed by atoms with Crippen molar-refractivity contribution in [2.75, 3.05) is 0 Å². The number of hydrogen-bond acceptors (Lipinski definition) is 4. The van der Waals surface area contributed by atoms with Gasteiger partial charge in [0, 0.05) is 38.2 Å². The van der Waals surface area contributed by atoms with Gasteiger partial charge < -0.3 is 9.52 Å². The van der Waals surface area contributed by atoms with Crippen molar-refractivity contribution in [3.05, 3.63) is 149 Å². The number of hydrogen-bond donors (Lipinski definition) is 1. The standard InChI is InChI=1S/C60H65N2O2.Pt/c1-56(2,3)41-21-19-36(20-22-41)39-30-47(54-52(31-39)64-55(62-54)50-33-42(57(4,5)6)23-24-51(50)63)37-17-16-18-38(27-37)48-34-45(60(13,14)15)35-49-46(25-26-61-53(48)49)40-28-43(58(7,8)9)32-44(29-40)59(10,11)12;/h16-26,28-35,63H,1-15H3;/q-1;. The van der Waals surface area contributed by atoms with Gasteiger partial charge in [0.25, 0.3) is 0 Å². The molecule has 0 aliphatic rings. The number of nitrogens with zero attached hydrogens (tertiary/aromatic N) is 2. The molecule has 338 valence electrons. The second-order valence-electron chi connectivity index (χ2n) is 23.0. The number of phenols is 1. The minimum atomic E-state index is -0.131. The fraction of sp³-hybridized carbons (Fsp3) is 0.333. The van der Waals surface area contributed by atoms with Gasteiger partial charge in [-0.25, -0.2) is 4.98 Å². The van der Waals surface area contributed by atoms with Gasteiger partial charge in [-0.05, 0) is 107 Å². The molecule has 0 saturated carbocycles. The zero-order chi connectivity index (χ0) is 46.3. The Morgan fingerprint density at radius 3 is 1.54 bits per heavy atom. The minimum Gasteiger partial charge on any atom is -0.507 e. The number of phenolic OH excluding ortho intramolecular Hbond substituents is 1. The number of rotatable bonds is 5. The van der Waals surface area contributed by atoms with Crippen LogP contribution in [0.15, 0.2) is 120 Å². The van der Waals surface area contributed by atoms with Crippen molar-refractivity contribution >= 4 is 22.0 Å². The number of fused-ring (bicyclic) bond motifs is 2. The summed E-state index contributed by atoms with van der Waals surface area (Å²) in [5.74, 6) is 0.506. The van der Waals surface area contributed by atoms with Gasteiger partial charge in [-0.2, -0.15) is 0 Å². The Balaban J connectivity index is 0.00000630. The van der Waals surface area contributed by atoms with Crippen molar-refractivity contribution in [3.63, 3.8) is 0 Å². The van der Waals surface area contributed by atoms with E-state index in [4.69, 9.17) is 14.4 Å². The quantitative estimate of drug-likeness (QED) is 0.175. The van der Waals surface area contributed by atoms with E-state index in [2.05, 4.69) is 201 Å². The molecular weight excluding hydrogens is 976 g/mol. The van der Waals surface area contributed by atoms with E-state index in [9.17, 15) is 5.11 Å². The average Bonchev–Trinajstić information content (AvgIpc) is 3.65. The molecule has 0 radical (unpaired) electrons. The van der Waals surface area contributed by atoms with Gasteiger partial charge in [0.05, 0.1) is 11.1 Å². The van der Waals surface area contributed by atoms with E-state index in [1.165, 1.54) is 33.4 Å². The number of benzene rings is 6. The van der Waals surface area contributed by atoms with Crippen LogP contribution in [0.1, 0.15) is 132 Å². The summed E-state index contributed by atoms with van der Waals surface area (Å²) >= 11 is 0. The molecule has 1 N–H and O–H groups in total. The summed E-state index contributed by atoms with van der Waals surface area (Å²) in [7, 11) is 0. The van der Waals surface area contributed by atoms with E-state index in [0.29, 0.717) is 22.6 Å². The summed E-state index contributed by atoms with van der Waals surface area (Å²) in [5, 5.41) is 12.3. The van der Waals surface area contributed by atoms with Crippen LogP contribution in [-0.4, -0.2) is 15.1 Å². The number of oxazole rings is 1. The van der Waals surface area contributed by atoms with E-state index in [1.807, 2.05) is 18.3 Å². The molecular formula is C60H65N2O2Pt-. The van der Waals surface area contributed by atoms with Crippen LogP contribution < -0.4 is 0 Å². The van der Waals surface area contributed by atoms with Crippen molar-refractivity contribution in [1.29, 1.82) is 0 Å². The van der Waals surface area contributed by atoms with Crippen LogP contribution in [0, 0.1) is 6.07 Å². The van der Waals surface area contributed by atoms with Crippen LogP contribution in [0.2, 0.25) is 0 Å². The van der Waals surface area contributed by atoms with Gasteiger partial charge in [-0.15, -0.1) is 35.4 Å². The second-order valence-corrected chi connectivity index (χ2v) is 23.0. The zero-order valence-electron chi connectivity index (χ0n) is 41.0. The van der Waals surface area contributed by atoms with Crippen molar-refractivity contribution < 1.29 is 30.6 Å². The Bertz CT molecular complexity index is 3030. The second kappa shape index (κ2) is 16.8. The maximum absolute atomic E-state index is 11.2. The molecule has 0 aliphatic carbocycles. The first-order valence-corrected chi connectivity index (χ1v) is 22.8. The third kappa shape index (κ3) is 9.67. The Kier molecular flexibility index (Phi) is 12.3. The fourth-order valence-corrected chi connectivity index (χ4v) is 8.43. The smallest absolute Gasteiger partial charge is 0.230 e. The number of pyridine rings is 1. The Labute approximate surface area is 402 Å². The summed E-state index contributed by atoms with van der Waals surface area (Å²) in [6, 6.07) is 43.0. The molecule has 2 heterocycles. The van der Waals surface area contributed by atoms with Crippen LogP contribution in [0.3, 0.4) is 0 Å². The summed E-state index contributed by atoms with van der Waals surface area (Å²) < 4.78 is 6.65. The third-order valence-electron chi connectivity index (χ3n) is 12.7. The van der Waals surface area contributed by atoms with E-state index in [0.717, 1.165) is 49.8 Å². The van der Waals surface area contributed by atoms with Crippen LogP contribution in [0.4, 0.5) is 0 Å². The van der Waals surface area contributed by atoms with E-state index < -0.39 is 0 Å². The molecule has 0 bridgehead atoms. The summed E-state index contributed by atoms with van der Waals surface area (Å²) in [4.78, 5) is 10.3. The first-order chi connectivity index (χ1) is 29.8. The molecule has 8 rings (SSSR count). The van der Waals surface area contributed by atoms with Gasteiger partial charge in [0.1, 0.15) is 11.3 Å². The molecule has 0 unspecified atom stereocenters. The van der Waals surface area contributed by atoms with E-state index in [-0.39, 0.29) is 53.9 Å². The average molecular weight is 1040 g/mol. The first-order valence-electron chi connectivity index (χ1n) is 22.8. The van der Waals surface area contributed by atoms with Crippen molar-refractivity contribution in [3.8, 4) is 61.7 Å². The molecule has 0 amide bonds. The van der Waals surface area contributed by atoms with Gasteiger partial charge >= 0.3 is 0 Å². The van der Waals surface area contributed by atoms with Crippen molar-refractivity contribution in [2.45, 2.75) is 131 Å². The molecule has 0 aliphatic heterocycles. The van der Waals surface area contributed by atoms with Gasteiger partial charge in [-0.1, -0.05) is 176 Å². The van der Waals surface area contributed by atoms with Gasteiger partial charge in [0.2, 0.25) is 5.89 Å². The van der Waals surface area contributed by atoms with Crippen molar-refractivity contribution in [2.24, 2.45) is 0 Å². The minimum absolute atomic E-state index is 0. The summed E-state index contributed by atoms with van der Waals surface area (Å²) in [5.41, 5.74) is 17.0. The normalized spacial score (nSPS) is 12.8. The van der Waals surface area contributed by atoms with Gasteiger partial charge in [-0.3, -0.25) is 4.98 Å². The summed E-state index contributed by atoms with van der Waals surface area (Å²) in [6.45, 7) is 33.8. The molecule has 0 saturated heterocycles. The largest absolute Gasteiger partial charge is 0.507 e. The van der Waals surface area contributed by atoms with Crippen LogP contribution in [-0.2, 0) is 48.1 Å². The monoisotopic (exact) mass is 1040 g/mol. The van der Waals surface area contributed by atoms with Gasteiger partial charge in [0.15, 0.2) is 0 Å². The molecule has 0 spiro atoms. The van der Waals surface area contributed by atoms with Crippen LogP contribution in [0.25, 0.3) is 78.0 Å². The molecule has 65 heavy (non-hydrogen) atoms. The predicted molar refractivity (Wildman–Crippen MR) is 270 cm³/mol. The number of aromatic hydroxyl groups is 1. The Morgan fingerprint density at radius 1 is 0.446 bits per heavy atom. The first kappa shape index (κ1) is 47.6. The molecule has 2 aromatic heterocycles. The molecule has 4 nitrogen and oxygen atoms in total. The van der Waals surface area contributed by atoms with Crippen LogP contribution >= 0.6 is 0 Å².